The van der Waals surface area contributed by atoms with Crippen LogP contribution >= 0.6 is 0 Å². The normalized spacial score (nSPS) is 15.0. The summed E-state index contributed by atoms with van der Waals surface area (Å²) in [5.41, 5.74) is 6.13. The van der Waals surface area contributed by atoms with Crippen molar-refractivity contribution in [3.8, 4) is 22.4 Å². The van der Waals surface area contributed by atoms with Crippen LogP contribution in [0.1, 0.15) is 5.69 Å². The molecule has 0 aliphatic carbocycles. The molecule has 6 heteroatoms. The molecule has 0 radical (unpaired) electrons. The number of nitrogens with zero attached hydrogens (tertiary/aromatic N) is 5. The summed E-state index contributed by atoms with van der Waals surface area (Å²) in [5, 5.41) is 14.2. The lowest BCUT2D eigenvalue weighted by Crippen LogP contribution is -2.47. The number of aliphatic hydroxyl groups excluding tert-OH is 1. The molecule has 0 bridgehead atoms. The Labute approximate surface area is 182 Å². The minimum Gasteiger partial charge on any atom is -0.395 e. The van der Waals surface area contributed by atoms with Gasteiger partial charge in [0.15, 0.2) is 5.65 Å². The molecule has 4 aromatic rings. The molecule has 1 fully saturated rings. The highest BCUT2D eigenvalue weighted by Crippen LogP contribution is 2.32. The first kappa shape index (κ1) is 19.7. The number of aliphatic hydroxyl groups is 1. The highest BCUT2D eigenvalue weighted by molar-refractivity contribution is 5.82. The lowest BCUT2D eigenvalue weighted by atomic mass is 10.1. The third-order valence-electron chi connectivity index (χ3n) is 5.99. The summed E-state index contributed by atoms with van der Waals surface area (Å²) < 4.78 is 2.01. The number of aromatic nitrogens is 3. The van der Waals surface area contributed by atoms with Gasteiger partial charge in [-0.15, -0.1) is 0 Å². The first-order valence-corrected chi connectivity index (χ1v) is 10.8. The number of piperazine rings is 1. The van der Waals surface area contributed by atoms with E-state index in [0.717, 1.165) is 72.3 Å². The standard InChI is InChI=1S/C25H27N5O/c1-19-24(21-10-6-3-7-11-21)25-26-22(20-8-4-2-5-9-20)18-23(30(25)27-19)29-14-12-28(13-15-29)16-17-31/h2-11,18,31H,12-17H2,1H3. The maximum absolute atomic E-state index is 9.27. The van der Waals surface area contributed by atoms with Crippen molar-refractivity contribution in [2.45, 2.75) is 6.92 Å². The second kappa shape index (κ2) is 8.49. The fourth-order valence-corrected chi connectivity index (χ4v) is 4.37. The zero-order chi connectivity index (χ0) is 21.2. The van der Waals surface area contributed by atoms with Gasteiger partial charge in [-0.2, -0.15) is 9.61 Å². The molecule has 0 spiro atoms. The molecule has 0 amide bonds. The molecule has 1 aliphatic heterocycles. The van der Waals surface area contributed by atoms with Crippen molar-refractivity contribution in [2.75, 3.05) is 44.2 Å². The number of β-amino-alcohol motifs (C(OH)–C–C–N with tert-alkyl or cyclic N) is 1. The van der Waals surface area contributed by atoms with E-state index in [2.05, 4.69) is 59.2 Å². The maximum atomic E-state index is 9.27. The van der Waals surface area contributed by atoms with Crippen LogP contribution in [-0.4, -0.2) is 63.9 Å². The number of rotatable bonds is 5. The molecular weight excluding hydrogens is 386 g/mol. The van der Waals surface area contributed by atoms with Crippen molar-refractivity contribution in [1.29, 1.82) is 0 Å². The summed E-state index contributed by atoms with van der Waals surface area (Å²) >= 11 is 0. The van der Waals surface area contributed by atoms with E-state index in [-0.39, 0.29) is 6.61 Å². The Balaban J connectivity index is 1.66. The number of anilines is 1. The third kappa shape index (κ3) is 3.80. The van der Waals surface area contributed by atoms with E-state index >= 15 is 0 Å². The Morgan fingerprint density at radius 2 is 1.52 bits per heavy atom. The third-order valence-corrected chi connectivity index (χ3v) is 5.99. The van der Waals surface area contributed by atoms with Gasteiger partial charge in [0, 0.05) is 49.9 Å². The van der Waals surface area contributed by atoms with Crippen LogP contribution in [0.2, 0.25) is 0 Å². The van der Waals surface area contributed by atoms with Gasteiger partial charge >= 0.3 is 0 Å². The number of fused-ring (bicyclic) bond motifs is 1. The number of hydrogen-bond acceptors (Lipinski definition) is 5. The molecule has 158 valence electrons. The minimum absolute atomic E-state index is 0.205. The van der Waals surface area contributed by atoms with E-state index in [9.17, 15) is 5.11 Å². The Morgan fingerprint density at radius 1 is 0.871 bits per heavy atom. The lowest BCUT2D eigenvalue weighted by molar-refractivity contribution is 0.188. The van der Waals surface area contributed by atoms with Gasteiger partial charge in [-0.3, -0.25) is 4.90 Å². The predicted octanol–water partition coefficient (Wildman–Crippen LogP) is 3.49. The summed E-state index contributed by atoms with van der Waals surface area (Å²) in [7, 11) is 0. The molecular formula is C25H27N5O. The average molecular weight is 414 g/mol. The van der Waals surface area contributed by atoms with Crippen molar-refractivity contribution in [1.82, 2.24) is 19.5 Å². The van der Waals surface area contributed by atoms with Gasteiger partial charge in [-0.1, -0.05) is 60.7 Å². The molecule has 31 heavy (non-hydrogen) atoms. The summed E-state index contributed by atoms with van der Waals surface area (Å²) in [6.45, 7) is 6.64. The van der Waals surface area contributed by atoms with Crippen LogP contribution in [0, 0.1) is 6.92 Å². The molecule has 2 aromatic carbocycles. The molecule has 1 saturated heterocycles. The summed E-state index contributed by atoms with van der Waals surface area (Å²) in [4.78, 5) is 9.76. The van der Waals surface area contributed by atoms with Crippen LogP contribution in [0.25, 0.3) is 28.0 Å². The zero-order valence-corrected chi connectivity index (χ0v) is 17.8. The summed E-state index contributed by atoms with van der Waals surface area (Å²) in [6, 6.07) is 22.9. The van der Waals surface area contributed by atoms with E-state index in [1.54, 1.807) is 0 Å². The van der Waals surface area contributed by atoms with E-state index in [0.29, 0.717) is 0 Å². The fourth-order valence-electron chi connectivity index (χ4n) is 4.37. The SMILES string of the molecule is Cc1nn2c(N3CCN(CCO)CC3)cc(-c3ccccc3)nc2c1-c1ccccc1. The van der Waals surface area contributed by atoms with Crippen LogP contribution < -0.4 is 4.90 Å². The molecule has 0 unspecified atom stereocenters. The van der Waals surface area contributed by atoms with Crippen molar-refractivity contribution in [3.05, 3.63) is 72.4 Å². The van der Waals surface area contributed by atoms with Gasteiger partial charge in [-0.25, -0.2) is 4.98 Å². The van der Waals surface area contributed by atoms with Gasteiger partial charge in [-0.05, 0) is 12.5 Å². The van der Waals surface area contributed by atoms with Crippen LogP contribution in [0.4, 0.5) is 5.82 Å². The van der Waals surface area contributed by atoms with Crippen molar-refractivity contribution < 1.29 is 5.11 Å². The van der Waals surface area contributed by atoms with Crippen molar-refractivity contribution >= 4 is 11.5 Å². The number of benzene rings is 2. The lowest BCUT2D eigenvalue weighted by Gasteiger charge is -2.35. The predicted molar refractivity (Wildman–Crippen MR) is 124 cm³/mol. The minimum atomic E-state index is 0.205. The zero-order valence-electron chi connectivity index (χ0n) is 17.8. The van der Waals surface area contributed by atoms with Crippen LogP contribution in [-0.2, 0) is 0 Å². The Kier molecular flexibility index (Phi) is 5.40. The van der Waals surface area contributed by atoms with E-state index < -0.39 is 0 Å². The Hall–Kier alpha value is -3.22. The quantitative estimate of drug-likeness (QED) is 0.543. The van der Waals surface area contributed by atoms with Crippen molar-refractivity contribution in [2.24, 2.45) is 0 Å². The topological polar surface area (TPSA) is 56.9 Å². The Bertz CT molecular complexity index is 1160. The van der Waals surface area contributed by atoms with Crippen LogP contribution in [0.5, 0.6) is 0 Å². The molecule has 1 aliphatic rings. The van der Waals surface area contributed by atoms with Gasteiger partial charge in [0.1, 0.15) is 5.82 Å². The van der Waals surface area contributed by atoms with Crippen LogP contribution in [0.15, 0.2) is 66.7 Å². The molecule has 6 nitrogen and oxygen atoms in total. The molecule has 0 atom stereocenters. The highest BCUT2D eigenvalue weighted by Gasteiger charge is 2.23. The van der Waals surface area contributed by atoms with E-state index in [4.69, 9.17) is 10.1 Å². The Morgan fingerprint density at radius 3 is 2.16 bits per heavy atom. The number of hydrogen-bond donors (Lipinski definition) is 1. The first-order chi connectivity index (χ1) is 15.2. The molecule has 3 heterocycles. The van der Waals surface area contributed by atoms with Crippen molar-refractivity contribution in [3.63, 3.8) is 0 Å². The second-order valence-corrected chi connectivity index (χ2v) is 7.98. The first-order valence-electron chi connectivity index (χ1n) is 10.8. The summed E-state index contributed by atoms with van der Waals surface area (Å²) in [6.07, 6.45) is 0. The monoisotopic (exact) mass is 413 g/mol. The van der Waals surface area contributed by atoms with Crippen LogP contribution in [0.3, 0.4) is 0 Å². The second-order valence-electron chi connectivity index (χ2n) is 7.98. The molecule has 0 saturated carbocycles. The molecule has 5 rings (SSSR count). The average Bonchev–Trinajstić information content (AvgIpc) is 3.16. The molecule has 1 N–H and O–H groups in total. The maximum Gasteiger partial charge on any atom is 0.166 e. The van der Waals surface area contributed by atoms with Gasteiger partial charge in [0.25, 0.3) is 0 Å². The smallest absolute Gasteiger partial charge is 0.166 e. The largest absolute Gasteiger partial charge is 0.395 e. The van der Waals surface area contributed by atoms with E-state index in [1.165, 1.54) is 0 Å². The molecule has 2 aromatic heterocycles. The van der Waals surface area contributed by atoms with E-state index in [1.807, 2.05) is 28.8 Å². The summed E-state index contributed by atoms with van der Waals surface area (Å²) in [5.74, 6) is 1.07. The van der Waals surface area contributed by atoms with Gasteiger partial charge < -0.3 is 10.0 Å². The van der Waals surface area contributed by atoms with Gasteiger partial charge in [0.05, 0.1) is 18.0 Å². The fraction of sp³-hybridized carbons (Fsp3) is 0.280. The number of aryl methyl sites for hydroxylation is 1. The van der Waals surface area contributed by atoms with Gasteiger partial charge in [0.2, 0.25) is 0 Å². The highest BCUT2D eigenvalue weighted by atomic mass is 16.3.